The van der Waals surface area contributed by atoms with Gasteiger partial charge in [-0.05, 0) is 18.1 Å². The molecule has 0 bridgehead atoms. The molecule has 0 fully saturated rings. The number of ether oxygens (including phenoxy) is 1. The monoisotopic (exact) mass is 369 g/mol. The van der Waals surface area contributed by atoms with Crippen LogP contribution in [-0.2, 0) is 4.79 Å². The van der Waals surface area contributed by atoms with Crippen LogP contribution in [0.4, 0.5) is 18.3 Å². The van der Waals surface area contributed by atoms with Crippen LogP contribution in [0.15, 0.2) is 18.2 Å². The lowest BCUT2D eigenvalue weighted by Gasteiger charge is -2.13. The van der Waals surface area contributed by atoms with Crippen LogP contribution in [0, 0.1) is 5.92 Å². The maximum atomic E-state index is 12.2. The van der Waals surface area contributed by atoms with Crippen molar-refractivity contribution in [2.24, 2.45) is 11.7 Å². The van der Waals surface area contributed by atoms with Crippen LogP contribution in [0.1, 0.15) is 13.8 Å². The Balaban J connectivity index is 0.00000264. The van der Waals surface area contributed by atoms with Gasteiger partial charge in [-0.15, -0.1) is 25.6 Å². The minimum atomic E-state index is -4.75. The smallest absolute Gasteiger partial charge is 0.406 e. The number of thiazole rings is 1. The van der Waals surface area contributed by atoms with Crippen LogP contribution in [0.3, 0.4) is 0 Å². The molecule has 0 spiro atoms. The zero-order valence-corrected chi connectivity index (χ0v) is 13.8. The first-order chi connectivity index (χ1) is 10.2. The van der Waals surface area contributed by atoms with Crippen LogP contribution in [0.5, 0.6) is 5.75 Å². The molecule has 0 aliphatic carbocycles. The average molecular weight is 370 g/mol. The number of nitrogens with two attached hydrogens (primary N) is 1. The highest BCUT2D eigenvalue weighted by Gasteiger charge is 2.31. The summed E-state index contributed by atoms with van der Waals surface area (Å²) in [6.45, 7) is 3.62. The Morgan fingerprint density at radius 1 is 1.39 bits per heavy atom. The number of halogens is 4. The van der Waals surface area contributed by atoms with Crippen LogP contribution < -0.4 is 15.8 Å². The van der Waals surface area contributed by atoms with Gasteiger partial charge in [0.1, 0.15) is 5.75 Å². The Hall–Kier alpha value is -1.58. The molecular weight excluding hydrogens is 355 g/mol. The Morgan fingerprint density at radius 3 is 2.61 bits per heavy atom. The topological polar surface area (TPSA) is 77.2 Å². The van der Waals surface area contributed by atoms with Gasteiger partial charge in [-0.1, -0.05) is 25.2 Å². The summed E-state index contributed by atoms with van der Waals surface area (Å²) >= 11 is 1.05. The lowest BCUT2D eigenvalue weighted by atomic mass is 10.1. The number of carbonyl (C=O) groups is 1. The SMILES string of the molecule is CC(C)[C@H](N)C(=O)Nc1nc2ccc(OC(F)(F)F)cc2s1.Cl. The first kappa shape index (κ1) is 19.5. The molecule has 0 radical (unpaired) electrons. The molecule has 0 saturated carbocycles. The number of rotatable bonds is 4. The first-order valence-corrected chi connectivity index (χ1v) is 7.20. The first-order valence-electron chi connectivity index (χ1n) is 6.38. The van der Waals surface area contributed by atoms with E-state index in [0.29, 0.717) is 10.2 Å². The minimum Gasteiger partial charge on any atom is -0.406 e. The van der Waals surface area contributed by atoms with E-state index in [0.717, 1.165) is 11.3 Å². The van der Waals surface area contributed by atoms with Crippen molar-refractivity contribution >= 4 is 45.0 Å². The van der Waals surface area contributed by atoms with Gasteiger partial charge in [-0.3, -0.25) is 4.79 Å². The van der Waals surface area contributed by atoms with Gasteiger partial charge in [0.15, 0.2) is 5.13 Å². The lowest BCUT2D eigenvalue weighted by Crippen LogP contribution is -2.39. The fourth-order valence-electron chi connectivity index (χ4n) is 1.65. The normalized spacial score (nSPS) is 12.8. The summed E-state index contributed by atoms with van der Waals surface area (Å²) in [5.41, 5.74) is 6.18. The molecule has 2 rings (SSSR count). The molecule has 1 amide bonds. The van der Waals surface area contributed by atoms with Crippen molar-refractivity contribution in [3.05, 3.63) is 18.2 Å². The Bertz CT molecular complexity index is 691. The van der Waals surface area contributed by atoms with Crippen LogP contribution >= 0.6 is 23.7 Å². The summed E-state index contributed by atoms with van der Waals surface area (Å²) in [6, 6.07) is 3.10. The van der Waals surface area contributed by atoms with Gasteiger partial charge < -0.3 is 15.8 Å². The van der Waals surface area contributed by atoms with Crippen molar-refractivity contribution < 1.29 is 22.7 Å². The van der Waals surface area contributed by atoms with E-state index >= 15 is 0 Å². The van der Waals surface area contributed by atoms with Gasteiger partial charge in [0.05, 0.1) is 16.3 Å². The molecule has 2 aromatic rings. The molecule has 0 saturated heterocycles. The summed E-state index contributed by atoms with van der Waals surface area (Å²) < 4.78 is 40.8. The van der Waals surface area contributed by atoms with Crippen LogP contribution in [-0.4, -0.2) is 23.3 Å². The van der Waals surface area contributed by atoms with E-state index in [-0.39, 0.29) is 35.1 Å². The molecular formula is C13H15ClF3N3O2S. The second-order valence-corrected chi connectivity index (χ2v) is 5.99. The molecule has 5 nitrogen and oxygen atoms in total. The molecule has 128 valence electrons. The highest BCUT2D eigenvalue weighted by molar-refractivity contribution is 7.22. The van der Waals surface area contributed by atoms with Gasteiger partial charge in [0, 0.05) is 6.07 Å². The summed E-state index contributed by atoms with van der Waals surface area (Å²) in [6.07, 6.45) is -4.75. The van der Waals surface area contributed by atoms with Crippen molar-refractivity contribution in [3.63, 3.8) is 0 Å². The molecule has 1 atom stereocenters. The molecule has 10 heteroatoms. The number of fused-ring (bicyclic) bond motifs is 1. The fraction of sp³-hybridized carbons (Fsp3) is 0.385. The number of alkyl halides is 3. The number of benzene rings is 1. The van der Waals surface area contributed by atoms with E-state index in [2.05, 4.69) is 15.0 Å². The lowest BCUT2D eigenvalue weighted by molar-refractivity contribution is -0.274. The second kappa shape index (κ2) is 7.33. The zero-order valence-electron chi connectivity index (χ0n) is 12.2. The molecule has 0 aliphatic rings. The Labute approximate surface area is 140 Å². The molecule has 1 aromatic heterocycles. The van der Waals surface area contributed by atoms with Crippen molar-refractivity contribution in [2.45, 2.75) is 26.3 Å². The largest absolute Gasteiger partial charge is 0.573 e. The molecule has 23 heavy (non-hydrogen) atoms. The van der Waals surface area contributed by atoms with E-state index in [4.69, 9.17) is 5.73 Å². The molecule has 1 aromatic carbocycles. The Kier molecular flexibility index (Phi) is 6.20. The van der Waals surface area contributed by atoms with E-state index in [1.165, 1.54) is 18.2 Å². The Morgan fingerprint density at radius 2 is 2.04 bits per heavy atom. The zero-order chi connectivity index (χ0) is 16.5. The van der Waals surface area contributed by atoms with Gasteiger partial charge >= 0.3 is 6.36 Å². The highest BCUT2D eigenvalue weighted by Crippen LogP contribution is 2.31. The third-order valence-electron chi connectivity index (χ3n) is 2.84. The summed E-state index contributed by atoms with van der Waals surface area (Å²) in [4.78, 5) is 16.0. The maximum Gasteiger partial charge on any atom is 0.573 e. The summed E-state index contributed by atoms with van der Waals surface area (Å²) in [5.74, 6) is -0.762. The number of aromatic nitrogens is 1. The second-order valence-electron chi connectivity index (χ2n) is 4.96. The molecule has 0 aliphatic heterocycles. The molecule has 3 N–H and O–H groups in total. The van der Waals surface area contributed by atoms with Crippen LogP contribution in [0.2, 0.25) is 0 Å². The number of hydrogen-bond acceptors (Lipinski definition) is 5. The number of nitrogens with one attached hydrogen (secondary N) is 1. The van der Waals surface area contributed by atoms with Gasteiger partial charge in [-0.25, -0.2) is 4.98 Å². The third kappa shape index (κ3) is 5.22. The quantitative estimate of drug-likeness (QED) is 0.864. The van der Waals surface area contributed by atoms with Gasteiger partial charge in [0.2, 0.25) is 5.91 Å². The molecule has 1 heterocycles. The predicted molar refractivity (Wildman–Crippen MR) is 85.0 cm³/mol. The third-order valence-corrected chi connectivity index (χ3v) is 3.78. The molecule has 0 unspecified atom stereocenters. The maximum absolute atomic E-state index is 12.2. The van der Waals surface area contributed by atoms with E-state index in [1.807, 2.05) is 13.8 Å². The standard InChI is InChI=1S/C13H14F3N3O2S.ClH/c1-6(2)10(17)11(20)19-12-18-8-4-3-7(5-9(8)22-12)21-13(14,15)16;/h3-6,10H,17H2,1-2H3,(H,18,19,20);1H/t10-;/m0./s1. The van der Waals surface area contributed by atoms with E-state index in [1.54, 1.807) is 0 Å². The number of nitrogens with zero attached hydrogens (tertiary/aromatic N) is 1. The van der Waals surface area contributed by atoms with E-state index < -0.39 is 12.4 Å². The average Bonchev–Trinajstić information content (AvgIpc) is 2.77. The number of anilines is 1. The predicted octanol–water partition coefficient (Wildman–Crippen LogP) is 3.54. The van der Waals surface area contributed by atoms with Crippen molar-refractivity contribution in [3.8, 4) is 5.75 Å². The fourth-order valence-corrected chi connectivity index (χ4v) is 2.54. The van der Waals surface area contributed by atoms with E-state index in [9.17, 15) is 18.0 Å². The number of carbonyl (C=O) groups excluding carboxylic acids is 1. The van der Waals surface area contributed by atoms with Gasteiger partial charge in [0.25, 0.3) is 0 Å². The summed E-state index contributed by atoms with van der Waals surface area (Å²) in [5, 5.41) is 2.84. The number of hydrogen-bond donors (Lipinski definition) is 2. The summed E-state index contributed by atoms with van der Waals surface area (Å²) in [7, 11) is 0. The van der Waals surface area contributed by atoms with Crippen molar-refractivity contribution in [2.75, 3.05) is 5.32 Å². The van der Waals surface area contributed by atoms with Crippen LogP contribution in [0.25, 0.3) is 10.2 Å². The highest BCUT2D eigenvalue weighted by atomic mass is 35.5. The number of amides is 1. The minimum absolute atomic E-state index is 0. The van der Waals surface area contributed by atoms with Gasteiger partial charge in [-0.2, -0.15) is 0 Å². The van der Waals surface area contributed by atoms with Crippen molar-refractivity contribution in [1.82, 2.24) is 4.98 Å². The van der Waals surface area contributed by atoms with Crippen molar-refractivity contribution in [1.29, 1.82) is 0 Å².